The maximum atomic E-state index is 15.3. The van der Waals surface area contributed by atoms with E-state index in [4.69, 9.17) is 27.8 Å². The summed E-state index contributed by atoms with van der Waals surface area (Å²) in [6.45, 7) is 6.03. The van der Waals surface area contributed by atoms with E-state index in [-0.39, 0.29) is 0 Å². The summed E-state index contributed by atoms with van der Waals surface area (Å²) in [5, 5.41) is 0. The van der Waals surface area contributed by atoms with Gasteiger partial charge >= 0.3 is 25.5 Å². The lowest BCUT2D eigenvalue weighted by Crippen LogP contribution is -2.38. The van der Waals surface area contributed by atoms with Gasteiger partial charge in [-0.25, -0.2) is 27.2 Å². The molecule has 2 heterocycles. The van der Waals surface area contributed by atoms with Gasteiger partial charge in [-0.3, -0.25) is 28.5 Å². The van der Waals surface area contributed by atoms with Gasteiger partial charge in [0.05, 0.1) is 10.8 Å². The highest BCUT2D eigenvalue weighted by Gasteiger charge is 2.53. The van der Waals surface area contributed by atoms with Gasteiger partial charge < -0.3 is 14.2 Å². The molecule has 1 aromatic heterocycles. The lowest BCUT2D eigenvalue weighted by molar-refractivity contribution is -0.197. The number of hydrogen-bond donors (Lipinski definition) is 1. The van der Waals surface area contributed by atoms with Gasteiger partial charge in [0.25, 0.3) is 11.4 Å². The van der Waals surface area contributed by atoms with Crippen LogP contribution in [0.4, 0.5) is 8.78 Å². The molecule has 0 unspecified atom stereocenters. The summed E-state index contributed by atoms with van der Waals surface area (Å²) in [6, 6.07) is 0.959. The molecule has 37 heavy (non-hydrogen) atoms. The lowest BCUT2D eigenvalue weighted by Gasteiger charge is -2.25. The molecule has 0 spiro atoms. The Labute approximate surface area is 210 Å². The fraction of sp³-hybridized carbons (Fsp3) is 0.714. The topological polar surface area (TPSA) is 161 Å². The third kappa shape index (κ3) is 8.54. The van der Waals surface area contributed by atoms with Crippen LogP contribution in [-0.4, -0.2) is 53.7 Å². The highest BCUT2D eigenvalue weighted by atomic mass is 31.2. The molecule has 16 heteroatoms. The Bertz CT molecular complexity index is 1100. The van der Waals surface area contributed by atoms with Crippen LogP contribution in [0, 0.1) is 10.8 Å². The van der Waals surface area contributed by atoms with Gasteiger partial charge in [-0.1, -0.05) is 0 Å². The van der Waals surface area contributed by atoms with Crippen molar-refractivity contribution in [3.63, 3.8) is 0 Å². The molecule has 0 saturated carbocycles. The van der Waals surface area contributed by atoms with E-state index in [2.05, 4.69) is 0 Å². The Kier molecular flexibility index (Phi) is 9.58. The second kappa shape index (κ2) is 11.5. The molecule has 1 aliphatic rings. The predicted molar refractivity (Wildman–Crippen MR) is 121 cm³/mol. The molecule has 1 saturated heterocycles. The average Bonchev–Trinajstić information content (AvgIpc) is 3.05. The van der Waals surface area contributed by atoms with Crippen LogP contribution >= 0.6 is 7.82 Å². The lowest BCUT2D eigenvalue weighted by atomic mass is 9.98. The molecule has 0 aromatic carbocycles. The number of nitrogens with zero attached hydrogens (tertiary/aromatic N) is 1. The smallest absolute Gasteiger partial charge is 0.437 e. The zero-order valence-electron chi connectivity index (χ0n) is 21.3. The summed E-state index contributed by atoms with van der Waals surface area (Å²) in [5.41, 5.74) is -3.56. The van der Waals surface area contributed by atoms with Crippen LogP contribution in [0.5, 0.6) is 0 Å². The van der Waals surface area contributed by atoms with E-state index in [1.54, 1.807) is 41.5 Å². The minimum atomic E-state index is -4.82. The molecule has 1 aromatic rings. The Morgan fingerprint density at radius 1 is 1.08 bits per heavy atom. The summed E-state index contributed by atoms with van der Waals surface area (Å²) in [4.78, 5) is 48.9. The molecular formula is C21H31F2N2O11P. The average molecular weight is 556 g/mol. The Hall–Kier alpha value is -2.45. The highest BCUT2D eigenvalue weighted by molar-refractivity contribution is 7.48. The molecule has 2 rings (SSSR count). The number of hydrogen-bond acceptors (Lipinski definition) is 11. The van der Waals surface area contributed by atoms with Crippen molar-refractivity contribution in [2.24, 2.45) is 10.8 Å². The molecule has 3 atom stereocenters. The Morgan fingerprint density at radius 2 is 1.59 bits per heavy atom. The van der Waals surface area contributed by atoms with Crippen molar-refractivity contribution in [3.8, 4) is 0 Å². The number of alkyl halides is 2. The third-order valence-corrected chi connectivity index (χ3v) is 6.10. The summed E-state index contributed by atoms with van der Waals surface area (Å²) in [5.74, 6) is -4.69. The standard InChI is InChI=1S/C21H31F2N2O11P/c1-19(2,3)16(27)31-11-34-37(30,35-12-32-17(28)20(4,5)6)33-10-21(23)13(22)9-15(36-21)25-8-7-14(26)24-18(25)29/h7-8,13,15H,9-12H2,1-6H3,(H,24,26,29)/t13-,15+,21+/m0/s1. The predicted octanol–water partition coefficient (Wildman–Crippen LogP) is 2.71. The first-order chi connectivity index (χ1) is 16.9. The second-order valence-corrected chi connectivity index (χ2v) is 11.8. The van der Waals surface area contributed by atoms with Gasteiger partial charge in [0, 0.05) is 18.7 Å². The number of H-pyrrole nitrogens is 1. The fourth-order valence-corrected chi connectivity index (χ4v) is 3.57. The number of esters is 2. The SMILES string of the molecule is CC(C)(C)C(=O)OCOP(=O)(OCOC(=O)C(C)(C)C)OC[C@@]1(F)O[C@@H](n2ccc(=O)[nH]c2=O)C[C@@H]1F. The summed E-state index contributed by atoms with van der Waals surface area (Å²) in [7, 11) is -4.82. The molecular weight excluding hydrogens is 525 g/mol. The van der Waals surface area contributed by atoms with Crippen LogP contribution in [0.3, 0.4) is 0 Å². The van der Waals surface area contributed by atoms with E-state index in [1.807, 2.05) is 4.98 Å². The van der Waals surface area contributed by atoms with Crippen molar-refractivity contribution >= 4 is 19.8 Å². The number of rotatable bonds is 10. The van der Waals surface area contributed by atoms with E-state index >= 15 is 4.39 Å². The van der Waals surface area contributed by atoms with Gasteiger partial charge in [0.1, 0.15) is 12.8 Å². The number of halogens is 2. The van der Waals surface area contributed by atoms with Gasteiger partial charge in [-0.15, -0.1) is 0 Å². The first-order valence-corrected chi connectivity index (χ1v) is 12.5. The third-order valence-electron chi connectivity index (χ3n) is 4.82. The molecule has 1 fully saturated rings. The van der Waals surface area contributed by atoms with E-state index in [0.29, 0.717) is 0 Å². The summed E-state index contributed by atoms with van der Waals surface area (Å²) < 4.78 is 73.0. The zero-order valence-corrected chi connectivity index (χ0v) is 22.2. The van der Waals surface area contributed by atoms with Gasteiger partial charge in [0.15, 0.2) is 6.17 Å². The summed E-state index contributed by atoms with van der Waals surface area (Å²) in [6.07, 6.45) is -3.48. The Morgan fingerprint density at radius 3 is 2.05 bits per heavy atom. The molecule has 13 nitrogen and oxygen atoms in total. The minimum Gasteiger partial charge on any atom is -0.437 e. The largest absolute Gasteiger partial charge is 0.480 e. The minimum absolute atomic E-state index is 0.649. The molecule has 0 bridgehead atoms. The molecule has 0 aliphatic carbocycles. The van der Waals surface area contributed by atoms with Crippen LogP contribution in [0.15, 0.2) is 21.9 Å². The Balaban J connectivity index is 2.11. The molecule has 1 aliphatic heterocycles. The summed E-state index contributed by atoms with van der Waals surface area (Å²) >= 11 is 0. The zero-order chi connectivity index (χ0) is 28.2. The van der Waals surface area contributed by atoms with Gasteiger partial charge in [0.2, 0.25) is 13.6 Å². The quantitative estimate of drug-likeness (QED) is 0.256. The first kappa shape index (κ1) is 30.8. The van der Waals surface area contributed by atoms with Crippen molar-refractivity contribution in [1.29, 1.82) is 0 Å². The van der Waals surface area contributed by atoms with E-state index in [1.165, 1.54) is 0 Å². The second-order valence-electron chi connectivity index (χ2n) is 10.2. The number of phosphoric ester groups is 1. The first-order valence-electron chi connectivity index (χ1n) is 11.1. The van der Waals surface area contributed by atoms with Crippen molar-refractivity contribution in [1.82, 2.24) is 9.55 Å². The monoisotopic (exact) mass is 556 g/mol. The number of nitrogens with one attached hydrogen (secondary N) is 1. The molecule has 0 amide bonds. The van der Waals surface area contributed by atoms with Crippen molar-refractivity contribution in [2.75, 3.05) is 20.2 Å². The van der Waals surface area contributed by atoms with Crippen LogP contribution in [0.25, 0.3) is 0 Å². The number of aromatic nitrogens is 2. The number of phosphoric acid groups is 1. The van der Waals surface area contributed by atoms with Crippen molar-refractivity contribution < 1.29 is 50.7 Å². The van der Waals surface area contributed by atoms with Gasteiger partial charge in [-0.05, 0) is 41.5 Å². The number of ether oxygens (including phenoxy) is 3. The molecule has 210 valence electrons. The van der Waals surface area contributed by atoms with Crippen LogP contribution in [0.2, 0.25) is 0 Å². The van der Waals surface area contributed by atoms with Crippen LogP contribution in [0.1, 0.15) is 54.2 Å². The molecule has 0 radical (unpaired) electrons. The maximum absolute atomic E-state index is 15.3. The van der Waals surface area contributed by atoms with Gasteiger partial charge in [-0.2, -0.15) is 0 Å². The van der Waals surface area contributed by atoms with E-state index in [0.717, 1.165) is 16.8 Å². The maximum Gasteiger partial charge on any atom is 0.480 e. The number of carbonyl (C=O) groups is 2. The van der Waals surface area contributed by atoms with E-state index in [9.17, 15) is 28.1 Å². The highest BCUT2D eigenvalue weighted by Crippen LogP contribution is 2.52. The van der Waals surface area contributed by atoms with Crippen LogP contribution in [-0.2, 0) is 41.9 Å². The van der Waals surface area contributed by atoms with Crippen molar-refractivity contribution in [2.45, 2.75) is 66.2 Å². The number of aromatic amines is 1. The molecule has 1 N–H and O–H groups in total. The normalized spacial score (nSPS) is 22.6. The van der Waals surface area contributed by atoms with Crippen LogP contribution < -0.4 is 11.2 Å². The fourth-order valence-electron chi connectivity index (χ4n) is 2.65. The van der Waals surface area contributed by atoms with Crippen molar-refractivity contribution in [3.05, 3.63) is 33.1 Å². The van der Waals surface area contributed by atoms with E-state index < -0.39 is 86.7 Å². The number of carbonyl (C=O) groups excluding carboxylic acids is 2.